The molecular weight excluding hydrogens is 190 g/mol. The predicted octanol–water partition coefficient (Wildman–Crippen LogP) is 1.95. The van der Waals surface area contributed by atoms with Crippen molar-refractivity contribution in [1.29, 1.82) is 0 Å². The maximum Gasteiger partial charge on any atom is 0.104 e. The Bertz CT molecular complexity index is 167. The first kappa shape index (κ1) is 12.9. The van der Waals surface area contributed by atoms with E-state index in [4.69, 9.17) is 15.2 Å². The molecule has 90 valence electrons. The summed E-state index contributed by atoms with van der Waals surface area (Å²) >= 11 is 0. The van der Waals surface area contributed by atoms with Gasteiger partial charge in [0.25, 0.3) is 0 Å². The molecule has 0 spiro atoms. The fourth-order valence-corrected chi connectivity index (χ4v) is 2.06. The molecule has 1 rings (SSSR count). The van der Waals surface area contributed by atoms with Crippen LogP contribution in [0.15, 0.2) is 0 Å². The second kappa shape index (κ2) is 6.46. The Hall–Kier alpha value is -0.120. The van der Waals surface area contributed by atoms with E-state index in [1.54, 1.807) is 0 Å². The van der Waals surface area contributed by atoms with Crippen molar-refractivity contribution in [2.24, 2.45) is 11.7 Å². The van der Waals surface area contributed by atoms with Crippen LogP contribution in [0.4, 0.5) is 0 Å². The van der Waals surface area contributed by atoms with Crippen LogP contribution in [0.3, 0.4) is 0 Å². The first-order valence-corrected chi connectivity index (χ1v) is 6.14. The molecule has 0 saturated carbocycles. The molecule has 1 aliphatic heterocycles. The van der Waals surface area contributed by atoms with Crippen LogP contribution in [0.2, 0.25) is 0 Å². The van der Waals surface area contributed by atoms with Crippen LogP contribution in [0.1, 0.15) is 39.5 Å². The third-order valence-electron chi connectivity index (χ3n) is 3.11. The van der Waals surface area contributed by atoms with Gasteiger partial charge in [-0.3, -0.25) is 0 Å². The summed E-state index contributed by atoms with van der Waals surface area (Å²) in [5.41, 5.74) is 5.60. The van der Waals surface area contributed by atoms with Gasteiger partial charge in [0.05, 0.1) is 13.2 Å². The molecule has 1 saturated heterocycles. The second-order valence-corrected chi connectivity index (χ2v) is 4.75. The number of hydrogen-bond donors (Lipinski definition) is 1. The Morgan fingerprint density at radius 1 is 1.53 bits per heavy atom. The first-order valence-electron chi connectivity index (χ1n) is 6.14. The fraction of sp³-hybridized carbons (Fsp3) is 1.00. The van der Waals surface area contributed by atoms with Crippen LogP contribution in [-0.2, 0) is 9.47 Å². The Morgan fingerprint density at radius 2 is 2.33 bits per heavy atom. The molecule has 1 fully saturated rings. The molecule has 15 heavy (non-hydrogen) atoms. The van der Waals surface area contributed by atoms with Gasteiger partial charge >= 0.3 is 0 Å². The van der Waals surface area contributed by atoms with Crippen LogP contribution >= 0.6 is 0 Å². The molecular formula is C12H25NO2. The molecule has 2 atom stereocenters. The van der Waals surface area contributed by atoms with E-state index in [0.29, 0.717) is 19.1 Å². The zero-order valence-corrected chi connectivity index (χ0v) is 10.1. The second-order valence-electron chi connectivity index (χ2n) is 4.75. The van der Waals surface area contributed by atoms with Crippen LogP contribution in [0.5, 0.6) is 0 Å². The normalized spacial score (nSPS) is 29.0. The molecule has 1 heterocycles. The molecule has 0 aromatic carbocycles. The minimum Gasteiger partial charge on any atom is -0.378 e. The van der Waals surface area contributed by atoms with E-state index in [1.807, 2.05) is 0 Å². The third-order valence-corrected chi connectivity index (χ3v) is 3.11. The average Bonchev–Trinajstić information content (AvgIpc) is 2.28. The monoisotopic (exact) mass is 215 g/mol. The molecule has 3 heteroatoms. The van der Waals surface area contributed by atoms with Crippen molar-refractivity contribution in [1.82, 2.24) is 0 Å². The minimum atomic E-state index is -0.194. The molecule has 2 N–H and O–H groups in total. The highest BCUT2D eigenvalue weighted by molar-refractivity contribution is 4.84. The number of ether oxygens (including phenoxy) is 2. The molecule has 0 aromatic heterocycles. The highest BCUT2D eigenvalue weighted by Gasteiger charge is 2.32. The maximum atomic E-state index is 5.98. The summed E-state index contributed by atoms with van der Waals surface area (Å²) in [4.78, 5) is 0. The van der Waals surface area contributed by atoms with Crippen molar-refractivity contribution in [2.45, 2.75) is 45.1 Å². The molecule has 0 aromatic rings. The van der Waals surface area contributed by atoms with Gasteiger partial charge in [-0.25, -0.2) is 0 Å². The Morgan fingerprint density at radius 3 is 2.87 bits per heavy atom. The smallest absolute Gasteiger partial charge is 0.104 e. The van der Waals surface area contributed by atoms with Crippen molar-refractivity contribution >= 4 is 0 Å². The lowest BCUT2D eigenvalue weighted by atomic mass is 9.96. The summed E-state index contributed by atoms with van der Waals surface area (Å²) in [6.07, 6.45) is 4.56. The SMILES string of the molecule is CCCC(C)COC1(CN)CCCOC1. The molecule has 3 nitrogen and oxygen atoms in total. The summed E-state index contributed by atoms with van der Waals surface area (Å²) < 4.78 is 11.4. The van der Waals surface area contributed by atoms with Gasteiger partial charge in [0.1, 0.15) is 5.60 Å². The Labute approximate surface area is 93.3 Å². The largest absolute Gasteiger partial charge is 0.378 e. The fourth-order valence-electron chi connectivity index (χ4n) is 2.06. The third kappa shape index (κ3) is 4.09. The van der Waals surface area contributed by atoms with Gasteiger partial charge in [-0.1, -0.05) is 20.3 Å². The van der Waals surface area contributed by atoms with Gasteiger partial charge in [-0.05, 0) is 25.2 Å². The van der Waals surface area contributed by atoms with E-state index in [2.05, 4.69) is 13.8 Å². The Balaban J connectivity index is 2.32. The average molecular weight is 215 g/mol. The van der Waals surface area contributed by atoms with Crippen molar-refractivity contribution in [3.05, 3.63) is 0 Å². The van der Waals surface area contributed by atoms with Gasteiger partial charge in [-0.15, -0.1) is 0 Å². The summed E-state index contributed by atoms with van der Waals surface area (Å²) in [7, 11) is 0. The minimum absolute atomic E-state index is 0.194. The van der Waals surface area contributed by atoms with E-state index in [1.165, 1.54) is 12.8 Å². The van der Waals surface area contributed by atoms with Crippen molar-refractivity contribution < 1.29 is 9.47 Å². The van der Waals surface area contributed by atoms with E-state index >= 15 is 0 Å². The first-order chi connectivity index (χ1) is 7.22. The standard InChI is InChI=1S/C12H25NO2/c1-3-5-11(2)8-15-12(9-13)6-4-7-14-10-12/h11H,3-10,13H2,1-2H3. The predicted molar refractivity (Wildman–Crippen MR) is 61.9 cm³/mol. The van der Waals surface area contributed by atoms with Crippen molar-refractivity contribution in [3.8, 4) is 0 Å². The lowest BCUT2D eigenvalue weighted by molar-refractivity contribution is -0.130. The molecule has 0 bridgehead atoms. The van der Waals surface area contributed by atoms with Gasteiger partial charge in [0.2, 0.25) is 0 Å². The zero-order valence-electron chi connectivity index (χ0n) is 10.1. The quantitative estimate of drug-likeness (QED) is 0.736. The molecule has 2 unspecified atom stereocenters. The van der Waals surface area contributed by atoms with Crippen molar-refractivity contribution in [3.63, 3.8) is 0 Å². The van der Waals surface area contributed by atoms with E-state index in [9.17, 15) is 0 Å². The topological polar surface area (TPSA) is 44.5 Å². The van der Waals surface area contributed by atoms with Gasteiger partial charge < -0.3 is 15.2 Å². The summed E-state index contributed by atoms with van der Waals surface area (Å²) in [5.74, 6) is 0.625. The number of nitrogens with two attached hydrogens (primary N) is 1. The van der Waals surface area contributed by atoms with E-state index < -0.39 is 0 Å². The van der Waals surface area contributed by atoms with Gasteiger partial charge in [-0.2, -0.15) is 0 Å². The van der Waals surface area contributed by atoms with Crippen LogP contribution in [0, 0.1) is 5.92 Å². The molecule has 0 amide bonds. The van der Waals surface area contributed by atoms with Crippen molar-refractivity contribution in [2.75, 3.05) is 26.4 Å². The highest BCUT2D eigenvalue weighted by atomic mass is 16.5. The van der Waals surface area contributed by atoms with Crippen LogP contribution in [-0.4, -0.2) is 32.0 Å². The zero-order chi connectivity index (χ0) is 11.1. The summed E-state index contributed by atoms with van der Waals surface area (Å²) in [6.45, 7) is 7.36. The van der Waals surface area contributed by atoms with E-state index in [0.717, 1.165) is 26.1 Å². The lowest BCUT2D eigenvalue weighted by Crippen LogP contribution is -2.48. The maximum absolute atomic E-state index is 5.98. The molecule has 0 radical (unpaired) electrons. The summed E-state index contributed by atoms with van der Waals surface area (Å²) in [5, 5.41) is 0. The van der Waals surface area contributed by atoms with Gasteiger partial charge in [0.15, 0.2) is 0 Å². The summed E-state index contributed by atoms with van der Waals surface area (Å²) in [6, 6.07) is 0. The Kier molecular flexibility index (Phi) is 5.58. The van der Waals surface area contributed by atoms with Crippen LogP contribution in [0.25, 0.3) is 0 Å². The number of rotatable bonds is 6. The molecule has 0 aliphatic carbocycles. The lowest BCUT2D eigenvalue weighted by Gasteiger charge is -2.36. The highest BCUT2D eigenvalue weighted by Crippen LogP contribution is 2.23. The van der Waals surface area contributed by atoms with Gasteiger partial charge in [0, 0.05) is 13.2 Å². The molecule has 1 aliphatic rings. The van der Waals surface area contributed by atoms with Crippen LogP contribution < -0.4 is 5.73 Å². The number of hydrogen-bond acceptors (Lipinski definition) is 3. The van der Waals surface area contributed by atoms with E-state index in [-0.39, 0.29) is 5.60 Å².